The summed E-state index contributed by atoms with van der Waals surface area (Å²) in [6.07, 6.45) is -0.520. The van der Waals surface area contributed by atoms with Gasteiger partial charge in [-0.2, -0.15) is 0 Å². The van der Waals surface area contributed by atoms with Crippen LogP contribution in [0.5, 0.6) is 0 Å². The van der Waals surface area contributed by atoms with Gasteiger partial charge in [-0.05, 0) is 28.1 Å². The molecule has 1 aliphatic rings. The third-order valence-electron chi connectivity index (χ3n) is 2.08. The van der Waals surface area contributed by atoms with Crippen molar-refractivity contribution in [1.82, 2.24) is 5.43 Å². The van der Waals surface area contributed by atoms with Crippen molar-refractivity contribution >= 4 is 50.8 Å². The first-order valence-corrected chi connectivity index (χ1v) is 5.83. The molecule has 5 N–H and O–H groups in total. The highest BCUT2D eigenvalue weighted by Crippen LogP contribution is 2.35. The summed E-state index contributed by atoms with van der Waals surface area (Å²) >= 11 is 15.2. The Bertz CT molecular complexity index is 441. The van der Waals surface area contributed by atoms with Crippen molar-refractivity contribution in [1.29, 1.82) is 0 Å². The van der Waals surface area contributed by atoms with Crippen molar-refractivity contribution < 1.29 is 0 Å². The molecule has 86 valence electrons. The monoisotopic (exact) mass is 323 g/mol. The molecule has 1 aliphatic heterocycles. The summed E-state index contributed by atoms with van der Waals surface area (Å²) in [7, 11) is 0. The van der Waals surface area contributed by atoms with Crippen molar-refractivity contribution in [2.45, 2.75) is 6.29 Å². The normalized spacial score (nSPS) is 19.6. The number of hydrogen-bond donors (Lipinski definition) is 3. The first-order valence-electron chi connectivity index (χ1n) is 4.28. The molecule has 0 saturated carbocycles. The molecule has 1 aromatic rings. The van der Waals surface area contributed by atoms with Crippen LogP contribution in [0.4, 0.5) is 5.69 Å². The SMILES string of the molecule is NC1=NNC(N)N1c1cc(Cl)c(Br)c(Cl)c1. The number of hydrogen-bond acceptors (Lipinski definition) is 5. The van der Waals surface area contributed by atoms with E-state index in [1.165, 1.54) is 0 Å². The average Bonchev–Trinajstić information content (AvgIpc) is 2.54. The van der Waals surface area contributed by atoms with Gasteiger partial charge in [-0.1, -0.05) is 23.2 Å². The predicted octanol–water partition coefficient (Wildman–Crippen LogP) is 1.64. The molecule has 1 atom stereocenters. The van der Waals surface area contributed by atoms with Crippen LogP contribution >= 0.6 is 39.1 Å². The molecule has 0 fully saturated rings. The summed E-state index contributed by atoms with van der Waals surface area (Å²) in [4.78, 5) is 1.59. The fourth-order valence-corrected chi connectivity index (χ4v) is 2.06. The number of guanidine groups is 1. The molecular weight excluding hydrogens is 317 g/mol. The maximum atomic E-state index is 5.99. The minimum atomic E-state index is -0.520. The summed E-state index contributed by atoms with van der Waals surface area (Å²) in [6, 6.07) is 3.40. The highest BCUT2D eigenvalue weighted by Gasteiger charge is 2.24. The van der Waals surface area contributed by atoms with Crippen molar-refractivity contribution in [2.24, 2.45) is 16.6 Å². The quantitative estimate of drug-likeness (QED) is 0.686. The van der Waals surface area contributed by atoms with Crippen molar-refractivity contribution in [3.05, 3.63) is 26.7 Å². The molecule has 0 saturated heterocycles. The van der Waals surface area contributed by atoms with Crippen LogP contribution in [-0.2, 0) is 0 Å². The first kappa shape index (κ1) is 11.8. The number of nitrogens with zero attached hydrogens (tertiary/aromatic N) is 2. The van der Waals surface area contributed by atoms with Gasteiger partial charge < -0.3 is 5.73 Å². The van der Waals surface area contributed by atoms with Crippen LogP contribution in [0, 0.1) is 0 Å². The molecule has 0 aromatic heterocycles. The van der Waals surface area contributed by atoms with Crippen LogP contribution in [0.1, 0.15) is 0 Å². The number of rotatable bonds is 1. The molecular formula is C8H8BrCl2N5. The van der Waals surface area contributed by atoms with E-state index in [4.69, 9.17) is 34.7 Å². The first-order chi connectivity index (χ1) is 7.50. The second-order valence-electron chi connectivity index (χ2n) is 3.14. The van der Waals surface area contributed by atoms with Gasteiger partial charge in [-0.25, -0.2) is 0 Å². The van der Waals surface area contributed by atoms with E-state index in [0.717, 1.165) is 0 Å². The third kappa shape index (κ3) is 1.93. The molecule has 0 aliphatic carbocycles. The van der Waals surface area contributed by atoms with Crippen molar-refractivity contribution in [3.63, 3.8) is 0 Å². The van der Waals surface area contributed by atoms with E-state index >= 15 is 0 Å². The van der Waals surface area contributed by atoms with Crippen LogP contribution < -0.4 is 21.8 Å². The van der Waals surface area contributed by atoms with Crippen LogP contribution in [0.15, 0.2) is 21.7 Å². The third-order valence-corrected chi connectivity index (χ3v) is 3.99. The van der Waals surface area contributed by atoms with E-state index in [1.807, 2.05) is 0 Å². The fraction of sp³-hybridized carbons (Fsp3) is 0.125. The standard InChI is InChI=1S/C8H8BrCl2N5/c9-6-4(10)1-3(2-5(6)11)16-7(12)14-15-8(16)13/h1-2,7,14H,12H2,(H2,13,15). The Hall–Kier alpha value is -0.690. The van der Waals surface area contributed by atoms with E-state index in [-0.39, 0.29) is 5.96 Å². The van der Waals surface area contributed by atoms with E-state index in [0.29, 0.717) is 20.2 Å². The van der Waals surface area contributed by atoms with Gasteiger partial charge in [0.15, 0.2) is 6.29 Å². The van der Waals surface area contributed by atoms with Gasteiger partial charge in [0.2, 0.25) is 5.96 Å². The van der Waals surface area contributed by atoms with Crippen molar-refractivity contribution in [3.8, 4) is 0 Å². The van der Waals surface area contributed by atoms with Crippen LogP contribution in [-0.4, -0.2) is 12.2 Å². The minimum absolute atomic E-state index is 0.266. The zero-order valence-electron chi connectivity index (χ0n) is 7.92. The highest BCUT2D eigenvalue weighted by atomic mass is 79.9. The molecule has 16 heavy (non-hydrogen) atoms. The lowest BCUT2D eigenvalue weighted by atomic mass is 10.3. The number of halogens is 3. The Labute approximate surface area is 110 Å². The Kier molecular flexibility index (Phi) is 3.16. The zero-order chi connectivity index (χ0) is 11.9. The van der Waals surface area contributed by atoms with E-state index < -0.39 is 6.29 Å². The van der Waals surface area contributed by atoms with Gasteiger partial charge in [0.1, 0.15) is 0 Å². The predicted molar refractivity (Wildman–Crippen MR) is 69.4 cm³/mol. The minimum Gasteiger partial charge on any atom is -0.368 e. The molecule has 0 bridgehead atoms. The maximum Gasteiger partial charge on any atom is 0.221 e. The number of benzene rings is 1. The van der Waals surface area contributed by atoms with Crippen LogP contribution in [0.2, 0.25) is 10.0 Å². The average molecular weight is 325 g/mol. The second kappa shape index (κ2) is 4.29. The van der Waals surface area contributed by atoms with Crippen molar-refractivity contribution in [2.75, 3.05) is 4.90 Å². The number of anilines is 1. The van der Waals surface area contributed by atoms with Crippen LogP contribution in [0.3, 0.4) is 0 Å². The summed E-state index contributed by atoms with van der Waals surface area (Å²) in [5, 5.41) is 4.77. The van der Waals surface area contributed by atoms with Gasteiger partial charge in [-0.15, -0.1) is 5.10 Å². The Morgan fingerprint density at radius 2 is 1.94 bits per heavy atom. The fourth-order valence-electron chi connectivity index (χ4n) is 1.36. The van der Waals surface area contributed by atoms with E-state index in [1.54, 1.807) is 17.0 Å². The zero-order valence-corrected chi connectivity index (χ0v) is 11.0. The largest absolute Gasteiger partial charge is 0.368 e. The number of nitrogens with one attached hydrogen (secondary N) is 1. The number of nitrogens with two attached hydrogens (primary N) is 2. The van der Waals surface area contributed by atoms with Crippen LogP contribution in [0.25, 0.3) is 0 Å². The Morgan fingerprint density at radius 1 is 1.38 bits per heavy atom. The smallest absolute Gasteiger partial charge is 0.221 e. The van der Waals surface area contributed by atoms with Gasteiger partial charge in [0, 0.05) is 0 Å². The Morgan fingerprint density at radius 3 is 2.38 bits per heavy atom. The lowest BCUT2D eigenvalue weighted by molar-refractivity contribution is 0.606. The summed E-state index contributed by atoms with van der Waals surface area (Å²) < 4.78 is 0.635. The molecule has 0 amide bonds. The van der Waals surface area contributed by atoms with Gasteiger partial charge in [-0.3, -0.25) is 16.1 Å². The molecule has 1 aromatic carbocycles. The topological polar surface area (TPSA) is 79.7 Å². The maximum absolute atomic E-state index is 5.99. The van der Waals surface area contributed by atoms with E-state index in [9.17, 15) is 0 Å². The molecule has 8 heteroatoms. The molecule has 1 unspecified atom stereocenters. The summed E-state index contributed by atoms with van der Waals surface area (Å²) in [5.74, 6) is 0.266. The van der Waals surface area contributed by atoms with E-state index in [2.05, 4.69) is 26.5 Å². The lowest BCUT2D eigenvalue weighted by Gasteiger charge is -2.22. The van der Waals surface area contributed by atoms with Gasteiger partial charge >= 0.3 is 0 Å². The van der Waals surface area contributed by atoms with Gasteiger partial charge in [0.25, 0.3) is 0 Å². The molecule has 5 nitrogen and oxygen atoms in total. The Balaban J connectivity index is 2.45. The highest BCUT2D eigenvalue weighted by molar-refractivity contribution is 9.10. The summed E-state index contributed by atoms with van der Waals surface area (Å²) in [5.41, 5.74) is 14.8. The molecule has 0 spiro atoms. The second-order valence-corrected chi connectivity index (χ2v) is 4.74. The molecule has 0 radical (unpaired) electrons. The molecule has 2 rings (SSSR count). The lowest BCUT2D eigenvalue weighted by Crippen LogP contribution is -2.49. The molecule has 1 heterocycles. The number of hydrazone groups is 1. The van der Waals surface area contributed by atoms with Gasteiger partial charge in [0.05, 0.1) is 20.2 Å². The summed E-state index contributed by atoms with van der Waals surface area (Å²) in [6.45, 7) is 0.